The lowest BCUT2D eigenvalue weighted by atomic mass is 10.00. The first-order chi connectivity index (χ1) is 12.0. The fourth-order valence-corrected chi connectivity index (χ4v) is 2.77. The zero-order valence-corrected chi connectivity index (χ0v) is 14.2. The maximum absolute atomic E-state index is 12.5. The standard InChI is InChI=1S/C20H18O5/c1-12-16-10-9-15(24-13(2)19(21)23-3)11-17(16)25-20(22)18(12)14-7-5-4-6-8-14/h4-11,13H,1-3H3. The van der Waals surface area contributed by atoms with Gasteiger partial charge in [-0.25, -0.2) is 9.59 Å². The predicted molar refractivity (Wildman–Crippen MR) is 94.8 cm³/mol. The number of rotatable bonds is 4. The van der Waals surface area contributed by atoms with E-state index in [2.05, 4.69) is 4.74 Å². The van der Waals surface area contributed by atoms with Gasteiger partial charge in [-0.1, -0.05) is 30.3 Å². The van der Waals surface area contributed by atoms with E-state index in [-0.39, 0.29) is 0 Å². The third kappa shape index (κ3) is 3.26. The SMILES string of the molecule is COC(=O)C(C)Oc1ccc2c(C)c(-c3ccccc3)c(=O)oc2c1. The molecule has 0 aliphatic carbocycles. The number of methoxy groups -OCH3 is 1. The fourth-order valence-electron chi connectivity index (χ4n) is 2.77. The van der Waals surface area contributed by atoms with Crippen LogP contribution in [0, 0.1) is 6.92 Å². The van der Waals surface area contributed by atoms with Crippen LogP contribution in [0.4, 0.5) is 0 Å². The van der Waals surface area contributed by atoms with Crippen molar-refractivity contribution in [3.63, 3.8) is 0 Å². The summed E-state index contributed by atoms with van der Waals surface area (Å²) in [5, 5.41) is 0.816. The molecule has 1 heterocycles. The lowest BCUT2D eigenvalue weighted by Gasteiger charge is -2.13. The molecule has 0 spiro atoms. The van der Waals surface area contributed by atoms with Gasteiger partial charge in [0.05, 0.1) is 12.7 Å². The molecule has 5 heteroatoms. The Hall–Kier alpha value is -3.08. The summed E-state index contributed by atoms with van der Waals surface area (Å²) in [4.78, 5) is 23.9. The summed E-state index contributed by atoms with van der Waals surface area (Å²) in [6.45, 7) is 3.48. The Morgan fingerprint density at radius 1 is 1.12 bits per heavy atom. The van der Waals surface area contributed by atoms with Crippen molar-refractivity contribution in [2.45, 2.75) is 20.0 Å². The van der Waals surface area contributed by atoms with Gasteiger partial charge in [-0.2, -0.15) is 0 Å². The molecule has 0 bridgehead atoms. The van der Waals surface area contributed by atoms with Gasteiger partial charge in [0.1, 0.15) is 11.3 Å². The second-order valence-electron chi connectivity index (χ2n) is 5.70. The summed E-state index contributed by atoms with van der Waals surface area (Å²) in [7, 11) is 1.30. The topological polar surface area (TPSA) is 65.7 Å². The summed E-state index contributed by atoms with van der Waals surface area (Å²) >= 11 is 0. The molecule has 1 unspecified atom stereocenters. The van der Waals surface area contributed by atoms with Crippen molar-refractivity contribution in [3.05, 3.63) is 64.5 Å². The first-order valence-electron chi connectivity index (χ1n) is 7.88. The van der Waals surface area contributed by atoms with Crippen LogP contribution in [0.3, 0.4) is 0 Å². The first kappa shape index (κ1) is 16.8. The molecule has 0 amide bonds. The molecule has 3 aromatic rings. The number of esters is 1. The van der Waals surface area contributed by atoms with Crippen molar-refractivity contribution in [3.8, 4) is 16.9 Å². The van der Waals surface area contributed by atoms with Gasteiger partial charge < -0.3 is 13.9 Å². The van der Waals surface area contributed by atoms with E-state index in [1.54, 1.807) is 19.1 Å². The maximum atomic E-state index is 12.5. The highest BCUT2D eigenvalue weighted by Crippen LogP contribution is 2.29. The van der Waals surface area contributed by atoms with E-state index in [0.717, 1.165) is 16.5 Å². The Labute approximate surface area is 144 Å². The van der Waals surface area contributed by atoms with E-state index in [1.807, 2.05) is 43.3 Å². The van der Waals surface area contributed by atoms with Crippen molar-refractivity contribution < 1.29 is 18.7 Å². The van der Waals surface area contributed by atoms with Crippen LogP contribution in [0.5, 0.6) is 5.75 Å². The summed E-state index contributed by atoms with van der Waals surface area (Å²) in [6, 6.07) is 14.6. The number of ether oxygens (including phenoxy) is 2. The Bertz CT molecular complexity index is 973. The van der Waals surface area contributed by atoms with Crippen molar-refractivity contribution in [2.24, 2.45) is 0 Å². The number of benzene rings is 2. The van der Waals surface area contributed by atoms with Crippen LogP contribution in [0.2, 0.25) is 0 Å². The number of fused-ring (bicyclic) bond motifs is 1. The van der Waals surface area contributed by atoms with E-state index in [1.165, 1.54) is 7.11 Å². The second-order valence-corrected chi connectivity index (χ2v) is 5.70. The van der Waals surface area contributed by atoms with Gasteiger partial charge in [-0.15, -0.1) is 0 Å². The molecule has 0 radical (unpaired) electrons. The highest BCUT2D eigenvalue weighted by Gasteiger charge is 2.17. The molecule has 5 nitrogen and oxygen atoms in total. The Morgan fingerprint density at radius 3 is 2.52 bits per heavy atom. The molecule has 128 valence electrons. The lowest BCUT2D eigenvalue weighted by Crippen LogP contribution is -2.24. The minimum atomic E-state index is -0.751. The van der Waals surface area contributed by atoms with Gasteiger partial charge in [0, 0.05) is 11.5 Å². The summed E-state index contributed by atoms with van der Waals surface area (Å²) < 4.78 is 15.7. The van der Waals surface area contributed by atoms with Crippen molar-refractivity contribution in [1.29, 1.82) is 0 Å². The number of hydrogen-bond donors (Lipinski definition) is 0. The minimum absolute atomic E-state index is 0.408. The van der Waals surface area contributed by atoms with Crippen LogP contribution in [-0.2, 0) is 9.53 Å². The predicted octanol–water partition coefficient (Wildman–Crippen LogP) is 3.71. The van der Waals surface area contributed by atoms with Crippen molar-refractivity contribution >= 4 is 16.9 Å². The van der Waals surface area contributed by atoms with Crippen LogP contribution < -0.4 is 10.4 Å². The molecular formula is C20H18O5. The van der Waals surface area contributed by atoms with Crippen LogP contribution in [0.25, 0.3) is 22.1 Å². The van der Waals surface area contributed by atoms with Crippen LogP contribution in [0.15, 0.2) is 57.7 Å². The van der Waals surface area contributed by atoms with Gasteiger partial charge in [0.25, 0.3) is 0 Å². The number of carbonyl (C=O) groups excluding carboxylic acids is 1. The van der Waals surface area contributed by atoms with Crippen LogP contribution >= 0.6 is 0 Å². The molecule has 0 N–H and O–H groups in total. The summed E-state index contributed by atoms with van der Waals surface area (Å²) in [5.41, 5.74) is 2.20. The third-order valence-electron chi connectivity index (χ3n) is 4.05. The normalized spacial score (nSPS) is 12.0. The summed E-state index contributed by atoms with van der Waals surface area (Å²) in [6.07, 6.45) is -0.751. The highest BCUT2D eigenvalue weighted by molar-refractivity contribution is 5.87. The second kappa shape index (κ2) is 6.81. The molecule has 0 saturated carbocycles. The molecule has 1 aromatic heterocycles. The average molecular weight is 338 g/mol. The maximum Gasteiger partial charge on any atom is 0.346 e. The Kier molecular flexibility index (Phi) is 4.57. The zero-order valence-electron chi connectivity index (χ0n) is 14.2. The molecule has 0 fully saturated rings. The molecule has 0 saturated heterocycles. The van der Waals surface area contributed by atoms with Gasteiger partial charge in [0.15, 0.2) is 6.10 Å². The number of carbonyl (C=O) groups is 1. The van der Waals surface area contributed by atoms with Gasteiger partial charge >= 0.3 is 11.6 Å². The van der Waals surface area contributed by atoms with E-state index >= 15 is 0 Å². The number of aryl methyl sites for hydroxylation is 1. The third-order valence-corrected chi connectivity index (χ3v) is 4.05. The number of hydrogen-bond acceptors (Lipinski definition) is 5. The van der Waals surface area contributed by atoms with Crippen LogP contribution in [0.1, 0.15) is 12.5 Å². The monoisotopic (exact) mass is 338 g/mol. The van der Waals surface area contributed by atoms with E-state index in [4.69, 9.17) is 9.15 Å². The average Bonchev–Trinajstić information content (AvgIpc) is 2.61. The van der Waals surface area contributed by atoms with E-state index < -0.39 is 17.7 Å². The van der Waals surface area contributed by atoms with Crippen molar-refractivity contribution in [1.82, 2.24) is 0 Å². The quantitative estimate of drug-likeness (QED) is 0.536. The molecule has 0 aliphatic rings. The molecule has 1 atom stereocenters. The van der Waals surface area contributed by atoms with Crippen molar-refractivity contribution in [2.75, 3.05) is 7.11 Å². The van der Waals surface area contributed by atoms with Gasteiger partial charge in [-0.3, -0.25) is 0 Å². The van der Waals surface area contributed by atoms with E-state index in [0.29, 0.717) is 16.9 Å². The first-order valence-corrected chi connectivity index (χ1v) is 7.88. The minimum Gasteiger partial charge on any atom is -0.479 e. The smallest absolute Gasteiger partial charge is 0.346 e. The molecule has 2 aromatic carbocycles. The summed E-state index contributed by atoms with van der Waals surface area (Å²) in [5.74, 6) is -0.0439. The highest BCUT2D eigenvalue weighted by atomic mass is 16.6. The molecule has 25 heavy (non-hydrogen) atoms. The molecule has 3 rings (SSSR count). The molecular weight excluding hydrogens is 320 g/mol. The van der Waals surface area contributed by atoms with Gasteiger partial charge in [0.2, 0.25) is 0 Å². The Morgan fingerprint density at radius 2 is 1.84 bits per heavy atom. The largest absolute Gasteiger partial charge is 0.479 e. The van der Waals surface area contributed by atoms with Gasteiger partial charge in [-0.05, 0) is 37.1 Å². The van der Waals surface area contributed by atoms with E-state index in [9.17, 15) is 9.59 Å². The van der Waals surface area contributed by atoms with Crippen LogP contribution in [-0.4, -0.2) is 19.2 Å². The zero-order chi connectivity index (χ0) is 18.0. The molecule has 0 aliphatic heterocycles. The Balaban J connectivity index is 2.06. The fraction of sp³-hybridized carbons (Fsp3) is 0.200. The lowest BCUT2D eigenvalue weighted by molar-refractivity contribution is -0.147.